The maximum Gasteiger partial charge on any atom is 0.309 e. The summed E-state index contributed by atoms with van der Waals surface area (Å²) in [6.45, 7) is 10.3. The van der Waals surface area contributed by atoms with Gasteiger partial charge in [-0.05, 0) is 12.3 Å². The Morgan fingerprint density at radius 3 is 2.18 bits per heavy atom. The van der Waals surface area contributed by atoms with Crippen molar-refractivity contribution in [2.24, 2.45) is 11.3 Å². The minimum absolute atomic E-state index is 0.00620. The number of esters is 1. The topological polar surface area (TPSA) is 26.3 Å². The Morgan fingerprint density at radius 2 is 1.91 bits per heavy atom. The van der Waals surface area contributed by atoms with Gasteiger partial charge in [-0.15, -0.1) is 0 Å². The highest BCUT2D eigenvalue weighted by Crippen LogP contribution is 2.25. The van der Waals surface area contributed by atoms with Crippen LogP contribution in [-0.2, 0) is 9.53 Å². The summed E-state index contributed by atoms with van der Waals surface area (Å²) in [7, 11) is 0. The Balaban J connectivity index is 4.03. The molecule has 0 unspecified atom stereocenters. The molecule has 0 aromatic carbocycles. The summed E-state index contributed by atoms with van der Waals surface area (Å²) in [5.41, 5.74) is 0.00620. The monoisotopic (exact) mass is 158 g/mol. The second kappa shape index (κ2) is 3.74. The first-order valence-electron chi connectivity index (χ1n) is 4.06. The molecule has 0 spiro atoms. The molecule has 0 rings (SSSR count). The molecule has 2 nitrogen and oxygen atoms in total. The minimum atomic E-state index is -0.0972. The number of rotatable bonds is 2. The molecule has 0 aliphatic carbocycles. The second-order valence-electron chi connectivity index (χ2n) is 3.84. The van der Waals surface area contributed by atoms with Crippen molar-refractivity contribution in [3.05, 3.63) is 0 Å². The van der Waals surface area contributed by atoms with Gasteiger partial charge in [0.25, 0.3) is 0 Å². The molecule has 66 valence electrons. The van der Waals surface area contributed by atoms with Gasteiger partial charge in [-0.3, -0.25) is 4.79 Å². The van der Waals surface area contributed by atoms with Crippen molar-refractivity contribution in [2.45, 2.75) is 34.6 Å². The zero-order valence-electron chi connectivity index (χ0n) is 8.10. The van der Waals surface area contributed by atoms with Crippen LogP contribution in [0.1, 0.15) is 34.6 Å². The van der Waals surface area contributed by atoms with Gasteiger partial charge >= 0.3 is 5.97 Å². The Bertz CT molecular complexity index is 133. The lowest BCUT2D eigenvalue weighted by molar-refractivity contribution is -0.150. The van der Waals surface area contributed by atoms with Crippen LogP contribution in [0.4, 0.5) is 0 Å². The number of carbonyl (C=O) groups excluding carboxylic acids is 1. The molecule has 0 saturated carbocycles. The third kappa shape index (κ3) is 3.40. The summed E-state index contributed by atoms with van der Waals surface area (Å²) in [6, 6.07) is 0. The fraction of sp³-hybridized carbons (Fsp3) is 0.889. The maximum atomic E-state index is 11.2. The zero-order valence-corrected chi connectivity index (χ0v) is 8.10. The lowest BCUT2D eigenvalue weighted by Crippen LogP contribution is -2.27. The van der Waals surface area contributed by atoms with E-state index in [0.717, 1.165) is 0 Å². The van der Waals surface area contributed by atoms with E-state index < -0.39 is 0 Å². The molecule has 0 aromatic rings. The third-order valence-corrected chi connectivity index (χ3v) is 1.94. The van der Waals surface area contributed by atoms with Crippen LogP contribution < -0.4 is 0 Å². The molecule has 1 atom stereocenters. The molecule has 0 heterocycles. The molecule has 0 amide bonds. The molecule has 0 radical (unpaired) electrons. The average molecular weight is 158 g/mol. The van der Waals surface area contributed by atoms with E-state index in [1.807, 2.05) is 34.6 Å². The van der Waals surface area contributed by atoms with E-state index in [1.54, 1.807) is 0 Å². The Labute approximate surface area is 68.9 Å². The van der Waals surface area contributed by atoms with Crippen LogP contribution in [0.3, 0.4) is 0 Å². The Kier molecular flexibility index (Phi) is 3.56. The molecular formula is C9H18O2. The van der Waals surface area contributed by atoms with Gasteiger partial charge < -0.3 is 4.74 Å². The molecule has 0 aliphatic heterocycles. The van der Waals surface area contributed by atoms with Crippen molar-refractivity contribution in [3.63, 3.8) is 0 Å². The van der Waals surface area contributed by atoms with E-state index in [1.165, 1.54) is 0 Å². The standard InChI is InChI=1S/C9H18O2/c1-6-11-8(10)7(2)9(3,4)5/h7H,6H2,1-5H3/t7-/m0/s1. The van der Waals surface area contributed by atoms with Crippen molar-refractivity contribution in [3.8, 4) is 0 Å². The van der Waals surface area contributed by atoms with Crippen LogP contribution >= 0.6 is 0 Å². The first-order chi connectivity index (χ1) is 4.89. The summed E-state index contributed by atoms with van der Waals surface area (Å²) in [5.74, 6) is -0.123. The highest BCUT2D eigenvalue weighted by Gasteiger charge is 2.27. The number of hydrogen-bond donors (Lipinski definition) is 0. The molecule has 0 aliphatic rings. The number of ether oxygens (including phenoxy) is 1. The molecule has 0 aromatic heterocycles. The smallest absolute Gasteiger partial charge is 0.309 e. The van der Waals surface area contributed by atoms with Crippen molar-refractivity contribution in [1.82, 2.24) is 0 Å². The van der Waals surface area contributed by atoms with Crippen LogP contribution in [0.15, 0.2) is 0 Å². The number of carbonyl (C=O) groups is 1. The highest BCUT2D eigenvalue weighted by atomic mass is 16.5. The van der Waals surface area contributed by atoms with Crippen molar-refractivity contribution < 1.29 is 9.53 Å². The van der Waals surface area contributed by atoms with Crippen molar-refractivity contribution in [2.75, 3.05) is 6.61 Å². The summed E-state index contributed by atoms with van der Waals surface area (Å²) in [4.78, 5) is 11.2. The summed E-state index contributed by atoms with van der Waals surface area (Å²) in [5, 5.41) is 0. The first kappa shape index (κ1) is 10.5. The predicted molar refractivity (Wildman–Crippen MR) is 45.3 cm³/mol. The van der Waals surface area contributed by atoms with Gasteiger partial charge in [0.1, 0.15) is 0 Å². The fourth-order valence-electron chi connectivity index (χ4n) is 0.621. The second-order valence-corrected chi connectivity index (χ2v) is 3.84. The van der Waals surface area contributed by atoms with Crippen molar-refractivity contribution in [1.29, 1.82) is 0 Å². The summed E-state index contributed by atoms with van der Waals surface area (Å²) >= 11 is 0. The van der Waals surface area contributed by atoms with E-state index in [2.05, 4.69) is 0 Å². The highest BCUT2D eigenvalue weighted by molar-refractivity contribution is 5.72. The molecule has 0 saturated heterocycles. The van der Waals surface area contributed by atoms with Gasteiger partial charge in [-0.1, -0.05) is 27.7 Å². The van der Waals surface area contributed by atoms with Gasteiger partial charge in [-0.2, -0.15) is 0 Å². The Hall–Kier alpha value is -0.530. The van der Waals surface area contributed by atoms with Crippen LogP contribution in [0.5, 0.6) is 0 Å². The van der Waals surface area contributed by atoms with Gasteiger partial charge in [0.2, 0.25) is 0 Å². The minimum Gasteiger partial charge on any atom is -0.466 e. The van der Waals surface area contributed by atoms with E-state index in [0.29, 0.717) is 6.61 Å². The lowest BCUT2D eigenvalue weighted by Gasteiger charge is -2.24. The summed E-state index contributed by atoms with van der Waals surface area (Å²) in [6.07, 6.45) is 0. The van der Waals surface area contributed by atoms with Gasteiger partial charge in [0.15, 0.2) is 0 Å². The normalized spacial score (nSPS) is 14.3. The number of hydrogen-bond acceptors (Lipinski definition) is 2. The summed E-state index contributed by atoms with van der Waals surface area (Å²) < 4.78 is 4.89. The zero-order chi connectivity index (χ0) is 9.07. The Morgan fingerprint density at radius 1 is 1.45 bits per heavy atom. The molecule has 11 heavy (non-hydrogen) atoms. The fourth-order valence-corrected chi connectivity index (χ4v) is 0.621. The third-order valence-electron chi connectivity index (χ3n) is 1.94. The largest absolute Gasteiger partial charge is 0.466 e. The SMILES string of the molecule is CCOC(=O)[C@H](C)C(C)(C)C. The maximum absolute atomic E-state index is 11.2. The van der Waals surface area contributed by atoms with E-state index in [-0.39, 0.29) is 17.3 Å². The van der Waals surface area contributed by atoms with Crippen LogP contribution in [0.25, 0.3) is 0 Å². The predicted octanol–water partition coefficient (Wildman–Crippen LogP) is 2.23. The molecule has 0 N–H and O–H groups in total. The quantitative estimate of drug-likeness (QED) is 0.576. The van der Waals surface area contributed by atoms with Crippen LogP contribution in [0.2, 0.25) is 0 Å². The van der Waals surface area contributed by atoms with E-state index in [9.17, 15) is 4.79 Å². The van der Waals surface area contributed by atoms with Crippen LogP contribution in [0, 0.1) is 11.3 Å². The van der Waals surface area contributed by atoms with Crippen LogP contribution in [-0.4, -0.2) is 12.6 Å². The molecule has 0 fully saturated rings. The van der Waals surface area contributed by atoms with E-state index in [4.69, 9.17) is 4.74 Å². The lowest BCUT2D eigenvalue weighted by atomic mass is 9.82. The van der Waals surface area contributed by atoms with Crippen molar-refractivity contribution >= 4 is 5.97 Å². The molecule has 2 heteroatoms. The van der Waals surface area contributed by atoms with Gasteiger partial charge in [-0.25, -0.2) is 0 Å². The first-order valence-corrected chi connectivity index (χ1v) is 4.06. The van der Waals surface area contributed by atoms with E-state index >= 15 is 0 Å². The van der Waals surface area contributed by atoms with Gasteiger partial charge in [0.05, 0.1) is 12.5 Å². The van der Waals surface area contributed by atoms with Gasteiger partial charge in [0, 0.05) is 0 Å². The average Bonchev–Trinajstić information content (AvgIpc) is 1.85. The molecular weight excluding hydrogens is 140 g/mol. The molecule has 0 bridgehead atoms.